The van der Waals surface area contributed by atoms with Crippen LogP contribution in [0.2, 0.25) is 10.0 Å². The molecular formula is C21H13Cl2FN2O3. The molecule has 0 fully saturated rings. The van der Waals surface area contributed by atoms with Gasteiger partial charge in [-0.15, -0.1) is 0 Å². The molecule has 0 saturated carbocycles. The zero-order valence-corrected chi connectivity index (χ0v) is 16.2. The molecule has 0 unspecified atom stereocenters. The number of hydrogen-bond donors (Lipinski definition) is 3. The Bertz CT molecular complexity index is 1210. The number of nitrogens with zero attached hydrogens (tertiary/aromatic N) is 1. The van der Waals surface area contributed by atoms with Crippen LogP contribution in [0.3, 0.4) is 0 Å². The second-order valence-corrected chi connectivity index (χ2v) is 7.12. The Hall–Kier alpha value is -3.22. The molecular weight excluding hydrogens is 418 g/mol. The average molecular weight is 431 g/mol. The molecule has 0 atom stereocenters. The second kappa shape index (κ2) is 7.31. The number of carbonyl (C=O) groups is 1. The first-order valence-electron chi connectivity index (χ1n) is 8.44. The highest BCUT2D eigenvalue weighted by atomic mass is 35.5. The summed E-state index contributed by atoms with van der Waals surface area (Å²) in [5, 5.41) is 24.7. The van der Waals surface area contributed by atoms with Crippen molar-refractivity contribution in [2.75, 3.05) is 5.32 Å². The molecule has 5 nitrogen and oxygen atoms in total. The van der Waals surface area contributed by atoms with Crippen LogP contribution in [0.4, 0.5) is 10.1 Å². The van der Waals surface area contributed by atoms with Crippen LogP contribution in [-0.2, 0) is 0 Å². The molecule has 0 aliphatic carbocycles. The summed E-state index contributed by atoms with van der Waals surface area (Å²) < 4.78 is 15.6. The van der Waals surface area contributed by atoms with E-state index >= 15 is 0 Å². The van der Waals surface area contributed by atoms with E-state index in [1.807, 2.05) is 0 Å². The van der Waals surface area contributed by atoms with E-state index in [4.69, 9.17) is 23.2 Å². The van der Waals surface area contributed by atoms with Crippen molar-refractivity contribution in [2.45, 2.75) is 0 Å². The highest BCUT2D eigenvalue weighted by molar-refractivity contribution is 6.34. The minimum absolute atomic E-state index is 0.0377. The van der Waals surface area contributed by atoms with Gasteiger partial charge in [-0.3, -0.25) is 4.79 Å². The van der Waals surface area contributed by atoms with Gasteiger partial charge in [-0.1, -0.05) is 35.3 Å². The molecule has 8 heteroatoms. The van der Waals surface area contributed by atoms with Gasteiger partial charge in [0.15, 0.2) is 0 Å². The van der Waals surface area contributed by atoms with Gasteiger partial charge in [0.05, 0.1) is 16.4 Å². The van der Waals surface area contributed by atoms with Gasteiger partial charge < -0.3 is 15.5 Å². The molecule has 3 aromatic carbocycles. The molecule has 146 valence electrons. The van der Waals surface area contributed by atoms with E-state index < -0.39 is 11.7 Å². The fourth-order valence-electron chi connectivity index (χ4n) is 3.04. The molecule has 29 heavy (non-hydrogen) atoms. The van der Waals surface area contributed by atoms with E-state index in [1.54, 1.807) is 36.4 Å². The summed E-state index contributed by atoms with van der Waals surface area (Å²) in [6.07, 6.45) is 0. The van der Waals surface area contributed by atoms with Crippen molar-refractivity contribution in [2.24, 2.45) is 0 Å². The third kappa shape index (κ3) is 3.37. The fourth-order valence-corrected chi connectivity index (χ4v) is 3.37. The first-order valence-corrected chi connectivity index (χ1v) is 9.20. The number of aromatic hydroxyl groups is 2. The number of benzene rings is 3. The number of anilines is 1. The van der Waals surface area contributed by atoms with E-state index in [1.165, 1.54) is 18.2 Å². The number of halogens is 3. The third-order valence-corrected chi connectivity index (χ3v) is 5.03. The van der Waals surface area contributed by atoms with Crippen LogP contribution >= 0.6 is 23.2 Å². The summed E-state index contributed by atoms with van der Waals surface area (Å²) in [5.41, 5.74) is 0.264. The number of carbonyl (C=O) groups excluding carboxylic acids is 1. The van der Waals surface area contributed by atoms with Gasteiger partial charge in [-0.25, -0.2) is 8.96 Å². The third-order valence-electron chi connectivity index (χ3n) is 4.46. The number of fused-ring (bicyclic) bond motifs is 1. The van der Waals surface area contributed by atoms with Crippen molar-refractivity contribution in [3.63, 3.8) is 0 Å². The molecule has 0 spiro atoms. The molecule has 0 bridgehead atoms. The molecule has 0 aliphatic rings. The van der Waals surface area contributed by atoms with Crippen molar-refractivity contribution in [3.8, 4) is 17.4 Å². The van der Waals surface area contributed by atoms with Crippen molar-refractivity contribution in [1.29, 1.82) is 0 Å². The Morgan fingerprint density at radius 2 is 1.52 bits per heavy atom. The van der Waals surface area contributed by atoms with Gasteiger partial charge in [0.1, 0.15) is 5.82 Å². The molecule has 0 radical (unpaired) electrons. The van der Waals surface area contributed by atoms with Crippen molar-refractivity contribution in [1.82, 2.24) is 4.57 Å². The molecule has 1 amide bonds. The van der Waals surface area contributed by atoms with Gasteiger partial charge in [-0.2, -0.15) is 0 Å². The minimum Gasteiger partial charge on any atom is -0.494 e. The van der Waals surface area contributed by atoms with Crippen LogP contribution in [0.1, 0.15) is 10.4 Å². The Kier molecular flexibility index (Phi) is 4.82. The molecule has 3 N–H and O–H groups in total. The lowest BCUT2D eigenvalue weighted by molar-refractivity contribution is 0.102. The van der Waals surface area contributed by atoms with Crippen LogP contribution < -0.4 is 5.32 Å². The van der Waals surface area contributed by atoms with Crippen LogP contribution in [-0.4, -0.2) is 20.7 Å². The topological polar surface area (TPSA) is 74.5 Å². The Balaban J connectivity index is 1.79. The molecule has 0 aliphatic heterocycles. The first kappa shape index (κ1) is 19.1. The van der Waals surface area contributed by atoms with Gasteiger partial charge in [0.2, 0.25) is 11.8 Å². The first-order chi connectivity index (χ1) is 13.9. The van der Waals surface area contributed by atoms with E-state index in [2.05, 4.69) is 5.32 Å². The Morgan fingerprint density at radius 3 is 2.10 bits per heavy atom. The number of aromatic nitrogens is 1. The molecule has 0 saturated heterocycles. The Morgan fingerprint density at radius 1 is 0.931 bits per heavy atom. The maximum Gasteiger partial charge on any atom is 0.255 e. The van der Waals surface area contributed by atoms with Gasteiger partial charge in [0.25, 0.3) is 5.91 Å². The monoisotopic (exact) mass is 430 g/mol. The molecule has 1 aromatic heterocycles. The summed E-state index contributed by atoms with van der Waals surface area (Å²) in [7, 11) is 0. The lowest BCUT2D eigenvalue weighted by Crippen LogP contribution is -2.13. The number of nitrogens with one attached hydrogen (secondary N) is 1. The highest BCUT2D eigenvalue weighted by Crippen LogP contribution is 2.40. The largest absolute Gasteiger partial charge is 0.494 e. The van der Waals surface area contributed by atoms with Gasteiger partial charge >= 0.3 is 0 Å². The van der Waals surface area contributed by atoms with Crippen LogP contribution in [0, 0.1) is 5.82 Å². The number of hydrogen-bond acceptors (Lipinski definition) is 3. The highest BCUT2D eigenvalue weighted by Gasteiger charge is 2.21. The summed E-state index contributed by atoms with van der Waals surface area (Å²) in [5.74, 6) is -1.94. The van der Waals surface area contributed by atoms with E-state index in [-0.39, 0.29) is 28.2 Å². The van der Waals surface area contributed by atoms with E-state index in [9.17, 15) is 19.4 Å². The smallest absolute Gasteiger partial charge is 0.255 e. The lowest BCUT2D eigenvalue weighted by Gasteiger charge is -2.13. The quantitative estimate of drug-likeness (QED) is 0.387. The standard InChI is InChI=1S/C21H13Cl2FN2O3/c22-12-7-5-11(6-8-12)19(27)25-17-10-18(16(24)9-15(17)23)26-20(28)13-3-1-2-4-14(13)21(26)29/h1-10,28-29H,(H,25,27). The fraction of sp³-hybridized carbons (Fsp3) is 0. The SMILES string of the molecule is O=C(Nc1cc(-n2c(O)c3ccccc3c2O)c(F)cc1Cl)c1ccc(Cl)cc1. The zero-order valence-electron chi connectivity index (χ0n) is 14.7. The van der Waals surface area contributed by atoms with E-state index in [0.717, 1.165) is 10.6 Å². The van der Waals surface area contributed by atoms with Crippen LogP contribution in [0.15, 0.2) is 60.7 Å². The molecule has 4 aromatic rings. The van der Waals surface area contributed by atoms with Crippen molar-refractivity contribution in [3.05, 3.63) is 82.1 Å². The molecule has 4 rings (SSSR count). The zero-order chi connectivity index (χ0) is 20.7. The average Bonchev–Trinajstić information content (AvgIpc) is 2.95. The maximum atomic E-state index is 14.7. The van der Waals surface area contributed by atoms with Gasteiger partial charge in [-0.05, 0) is 48.5 Å². The predicted octanol–water partition coefficient (Wildman–Crippen LogP) is 5.74. The number of rotatable bonds is 3. The predicted molar refractivity (Wildman–Crippen MR) is 111 cm³/mol. The Labute approximate surface area is 174 Å². The van der Waals surface area contributed by atoms with E-state index in [0.29, 0.717) is 21.4 Å². The summed E-state index contributed by atoms with van der Waals surface area (Å²) in [6, 6.07) is 15.0. The normalized spacial score (nSPS) is 11.0. The van der Waals surface area contributed by atoms with Gasteiger partial charge in [0, 0.05) is 21.4 Å². The maximum absolute atomic E-state index is 14.7. The second-order valence-electron chi connectivity index (χ2n) is 6.27. The van der Waals surface area contributed by atoms with Crippen molar-refractivity contribution >= 4 is 45.6 Å². The summed E-state index contributed by atoms with van der Waals surface area (Å²) >= 11 is 11.9. The summed E-state index contributed by atoms with van der Waals surface area (Å²) in [4.78, 5) is 12.5. The summed E-state index contributed by atoms with van der Waals surface area (Å²) in [6.45, 7) is 0. The van der Waals surface area contributed by atoms with Crippen LogP contribution in [0.25, 0.3) is 16.5 Å². The molecule has 1 heterocycles. The van der Waals surface area contributed by atoms with Crippen molar-refractivity contribution < 1.29 is 19.4 Å². The number of amides is 1. The van der Waals surface area contributed by atoms with Crippen LogP contribution in [0.5, 0.6) is 11.8 Å². The minimum atomic E-state index is -0.787. The lowest BCUT2D eigenvalue weighted by atomic mass is 10.2.